The van der Waals surface area contributed by atoms with Gasteiger partial charge < -0.3 is 9.64 Å². The molecule has 0 saturated carbocycles. The number of nitro groups is 1. The van der Waals surface area contributed by atoms with E-state index in [9.17, 15) is 14.9 Å². The van der Waals surface area contributed by atoms with Gasteiger partial charge in [-0.2, -0.15) is 5.10 Å². The number of carbonyl (C=O) groups excluding carboxylic acids is 1. The normalized spacial score (nSPS) is 18.8. The minimum absolute atomic E-state index is 0.0167. The molecule has 116 valence electrons. The van der Waals surface area contributed by atoms with Crippen molar-refractivity contribution in [2.24, 2.45) is 5.92 Å². The summed E-state index contributed by atoms with van der Waals surface area (Å²) in [5, 5.41) is 14.6. The maximum absolute atomic E-state index is 11.9. The summed E-state index contributed by atoms with van der Waals surface area (Å²) >= 11 is 0. The topological polar surface area (TPSA) is 90.5 Å². The molecule has 0 aliphatic carbocycles. The van der Waals surface area contributed by atoms with Gasteiger partial charge in [0.2, 0.25) is 0 Å². The Balaban J connectivity index is 1.87. The predicted octanol–water partition coefficient (Wildman–Crippen LogP) is 2.05. The number of hydrogen-bond donors (Lipinski definition) is 0. The molecule has 8 nitrogen and oxygen atoms in total. The van der Waals surface area contributed by atoms with Crippen molar-refractivity contribution in [3.05, 3.63) is 22.5 Å². The first-order valence-electron chi connectivity index (χ1n) is 6.89. The molecule has 1 atom stereocenters. The fourth-order valence-corrected chi connectivity index (χ4v) is 2.29. The summed E-state index contributed by atoms with van der Waals surface area (Å²) in [5.41, 5.74) is -0.519. The Morgan fingerprint density at radius 3 is 2.86 bits per heavy atom. The van der Waals surface area contributed by atoms with Crippen molar-refractivity contribution < 1.29 is 14.5 Å². The highest BCUT2D eigenvalue weighted by molar-refractivity contribution is 5.68. The van der Waals surface area contributed by atoms with E-state index in [4.69, 9.17) is 4.74 Å². The van der Waals surface area contributed by atoms with Crippen molar-refractivity contribution in [3.8, 4) is 0 Å². The second-order valence-electron chi connectivity index (χ2n) is 6.26. The van der Waals surface area contributed by atoms with Gasteiger partial charge >= 0.3 is 11.8 Å². The van der Waals surface area contributed by atoms with Gasteiger partial charge in [0.25, 0.3) is 0 Å². The molecule has 1 aromatic rings. The lowest BCUT2D eigenvalue weighted by molar-refractivity contribution is -0.385. The third-order valence-corrected chi connectivity index (χ3v) is 3.21. The average Bonchev–Trinajstić information content (AvgIpc) is 2.96. The first kappa shape index (κ1) is 15.3. The van der Waals surface area contributed by atoms with E-state index in [1.165, 1.54) is 12.4 Å². The smallest absolute Gasteiger partial charge is 0.410 e. The summed E-state index contributed by atoms with van der Waals surface area (Å²) in [4.78, 5) is 23.8. The zero-order valence-corrected chi connectivity index (χ0v) is 12.5. The van der Waals surface area contributed by atoms with Crippen LogP contribution in [-0.2, 0) is 11.3 Å². The van der Waals surface area contributed by atoms with Crippen molar-refractivity contribution in [2.45, 2.75) is 39.3 Å². The lowest BCUT2D eigenvalue weighted by Gasteiger charge is -2.24. The van der Waals surface area contributed by atoms with Crippen LogP contribution in [-0.4, -0.2) is 44.4 Å². The molecule has 0 N–H and O–H groups in total. The Morgan fingerprint density at radius 2 is 2.29 bits per heavy atom. The van der Waals surface area contributed by atoms with Crippen LogP contribution in [0.1, 0.15) is 27.2 Å². The number of hydrogen-bond acceptors (Lipinski definition) is 5. The van der Waals surface area contributed by atoms with Gasteiger partial charge in [0, 0.05) is 19.6 Å². The Bertz CT molecular complexity index is 535. The second-order valence-corrected chi connectivity index (χ2v) is 6.26. The van der Waals surface area contributed by atoms with Crippen molar-refractivity contribution in [3.63, 3.8) is 0 Å². The van der Waals surface area contributed by atoms with Crippen LogP contribution in [0.4, 0.5) is 10.5 Å². The van der Waals surface area contributed by atoms with Crippen molar-refractivity contribution in [2.75, 3.05) is 13.1 Å². The summed E-state index contributed by atoms with van der Waals surface area (Å²) in [5.74, 6) is 0.233. The van der Waals surface area contributed by atoms with Gasteiger partial charge in [0.05, 0.1) is 4.92 Å². The van der Waals surface area contributed by atoms with Gasteiger partial charge in [-0.3, -0.25) is 14.8 Å². The molecule has 0 unspecified atom stereocenters. The highest BCUT2D eigenvalue weighted by atomic mass is 16.6. The number of carbonyl (C=O) groups is 1. The molecule has 0 radical (unpaired) electrons. The SMILES string of the molecule is CC(C)(C)OC(=O)N1CC[C@@H](Cn2cc([N+](=O)[O-])cn2)C1. The van der Waals surface area contributed by atoms with E-state index in [2.05, 4.69) is 5.10 Å². The molecule has 21 heavy (non-hydrogen) atoms. The lowest BCUT2D eigenvalue weighted by atomic mass is 10.1. The van der Waals surface area contributed by atoms with E-state index in [1.54, 1.807) is 9.58 Å². The van der Waals surface area contributed by atoms with Gasteiger partial charge in [-0.05, 0) is 33.1 Å². The minimum atomic E-state index is -0.502. The molecule has 0 aromatic carbocycles. The number of ether oxygens (including phenoxy) is 1. The summed E-state index contributed by atoms with van der Waals surface area (Å²) in [6.45, 7) is 7.29. The largest absolute Gasteiger partial charge is 0.444 e. The van der Waals surface area contributed by atoms with Crippen LogP contribution < -0.4 is 0 Å². The molecule has 1 fully saturated rings. The summed E-state index contributed by atoms with van der Waals surface area (Å²) in [6.07, 6.45) is 3.18. The van der Waals surface area contributed by atoms with Crippen LogP contribution in [0.5, 0.6) is 0 Å². The minimum Gasteiger partial charge on any atom is -0.444 e. The van der Waals surface area contributed by atoms with Crippen LogP contribution in [0.3, 0.4) is 0 Å². The molecule has 1 saturated heterocycles. The standard InChI is InChI=1S/C13H20N4O4/c1-13(2,3)21-12(18)15-5-4-10(7-15)8-16-9-11(6-14-16)17(19)20/h6,9-10H,4-5,7-8H2,1-3H3/t10-/m1/s1. The molecule has 1 aliphatic heterocycles. The first-order valence-corrected chi connectivity index (χ1v) is 6.89. The van der Waals surface area contributed by atoms with E-state index in [0.29, 0.717) is 19.6 Å². The zero-order chi connectivity index (χ0) is 15.6. The number of nitrogens with zero attached hydrogens (tertiary/aromatic N) is 4. The number of likely N-dealkylation sites (tertiary alicyclic amines) is 1. The fraction of sp³-hybridized carbons (Fsp3) is 0.692. The molecule has 0 spiro atoms. The average molecular weight is 296 g/mol. The number of rotatable bonds is 3. The predicted molar refractivity (Wildman–Crippen MR) is 74.8 cm³/mol. The third-order valence-electron chi connectivity index (χ3n) is 3.21. The van der Waals surface area contributed by atoms with Crippen LogP contribution in [0.2, 0.25) is 0 Å². The van der Waals surface area contributed by atoms with Crippen LogP contribution >= 0.6 is 0 Å². The van der Waals surface area contributed by atoms with Crippen LogP contribution in [0, 0.1) is 16.0 Å². The first-order chi connectivity index (χ1) is 9.74. The van der Waals surface area contributed by atoms with Gasteiger partial charge in [-0.25, -0.2) is 4.79 Å². The highest BCUT2D eigenvalue weighted by Gasteiger charge is 2.30. The van der Waals surface area contributed by atoms with E-state index in [1.807, 2.05) is 20.8 Å². The lowest BCUT2D eigenvalue weighted by Crippen LogP contribution is -2.35. The van der Waals surface area contributed by atoms with Gasteiger partial charge in [-0.1, -0.05) is 0 Å². The number of aromatic nitrogens is 2. The van der Waals surface area contributed by atoms with Crippen LogP contribution in [0.25, 0.3) is 0 Å². The maximum Gasteiger partial charge on any atom is 0.410 e. The molecule has 1 aliphatic rings. The molecule has 0 bridgehead atoms. The van der Waals surface area contributed by atoms with Crippen molar-refractivity contribution in [1.82, 2.24) is 14.7 Å². The van der Waals surface area contributed by atoms with E-state index >= 15 is 0 Å². The molecular weight excluding hydrogens is 276 g/mol. The Kier molecular flexibility index (Phi) is 4.15. The number of amides is 1. The summed E-state index contributed by atoms with van der Waals surface area (Å²) < 4.78 is 6.89. The summed E-state index contributed by atoms with van der Waals surface area (Å²) in [6, 6.07) is 0. The van der Waals surface area contributed by atoms with Gasteiger partial charge in [0.1, 0.15) is 18.0 Å². The van der Waals surface area contributed by atoms with Gasteiger partial charge in [0.15, 0.2) is 0 Å². The molecular formula is C13H20N4O4. The molecule has 2 rings (SSSR count). The zero-order valence-electron chi connectivity index (χ0n) is 12.5. The van der Waals surface area contributed by atoms with E-state index < -0.39 is 10.5 Å². The van der Waals surface area contributed by atoms with Gasteiger partial charge in [-0.15, -0.1) is 0 Å². The maximum atomic E-state index is 11.9. The van der Waals surface area contributed by atoms with E-state index in [-0.39, 0.29) is 17.7 Å². The highest BCUT2D eigenvalue weighted by Crippen LogP contribution is 2.21. The van der Waals surface area contributed by atoms with Crippen molar-refractivity contribution in [1.29, 1.82) is 0 Å². The Hall–Kier alpha value is -2.12. The summed E-state index contributed by atoms with van der Waals surface area (Å²) in [7, 11) is 0. The third kappa shape index (κ3) is 4.17. The second kappa shape index (κ2) is 5.71. The molecule has 2 heterocycles. The molecule has 1 aromatic heterocycles. The quantitative estimate of drug-likeness (QED) is 0.629. The Morgan fingerprint density at radius 1 is 1.57 bits per heavy atom. The van der Waals surface area contributed by atoms with Crippen LogP contribution in [0.15, 0.2) is 12.4 Å². The molecule has 8 heteroatoms. The molecule has 1 amide bonds. The van der Waals surface area contributed by atoms with Crippen molar-refractivity contribution >= 4 is 11.8 Å². The van der Waals surface area contributed by atoms with E-state index in [0.717, 1.165) is 6.42 Å². The Labute approximate surface area is 122 Å². The monoisotopic (exact) mass is 296 g/mol. The fourth-order valence-electron chi connectivity index (χ4n) is 2.29.